The molecule has 0 amide bonds. The van der Waals surface area contributed by atoms with Crippen molar-refractivity contribution >= 4 is 0 Å². The Balaban J connectivity index is 1.71. The average Bonchev–Trinajstić information content (AvgIpc) is 2.95. The topological polar surface area (TPSA) is 3.01 Å². The van der Waals surface area contributed by atoms with Crippen molar-refractivity contribution in [1.82, 2.24) is 4.90 Å². The van der Waals surface area contributed by atoms with Gasteiger partial charge in [0.1, 0.15) is 0 Å². The number of hydrogen-bond donors (Lipinski definition) is 0. The maximum atomic E-state index is 2.95. The Bertz CT molecular complexity index is 362. The van der Waals surface area contributed by atoms with Crippen LogP contribution in [-0.2, 0) is 0 Å². The van der Waals surface area contributed by atoms with Gasteiger partial charge in [-0.25, -0.2) is 0 Å². The zero-order chi connectivity index (χ0) is 9.34. The summed E-state index contributed by atoms with van der Waals surface area (Å²) < 4.78 is 0. The van der Waals surface area contributed by atoms with Gasteiger partial charge in [-0.3, -0.25) is 4.90 Å². The fourth-order valence-electron chi connectivity index (χ4n) is 6.50. The molecule has 2 saturated heterocycles. The highest BCUT2D eigenvalue weighted by atomic mass is 15.6. The van der Waals surface area contributed by atoms with E-state index in [2.05, 4.69) is 18.7 Å². The summed E-state index contributed by atoms with van der Waals surface area (Å²) in [6.07, 6.45) is 7.69. The maximum Gasteiger partial charge on any atom is 0.0440 e. The second-order valence-corrected chi connectivity index (χ2v) is 6.94. The molecule has 5 aliphatic rings. The van der Waals surface area contributed by atoms with E-state index in [0.717, 1.165) is 28.8 Å². The molecule has 0 radical (unpaired) electrons. The zero-order valence-electron chi connectivity index (χ0n) is 9.21. The molecule has 0 bridgehead atoms. The Hall–Kier alpha value is -0.0400. The van der Waals surface area contributed by atoms with Gasteiger partial charge < -0.3 is 0 Å². The monoisotopic (exact) mass is 189 g/mol. The van der Waals surface area contributed by atoms with Gasteiger partial charge >= 0.3 is 0 Å². The normalized spacial score (nSPS) is 80.1. The minimum atomic E-state index is 0.683. The third-order valence-corrected chi connectivity index (χ3v) is 7.00. The van der Waals surface area contributed by atoms with Crippen LogP contribution < -0.4 is 0 Å². The predicted molar refractivity (Wildman–Crippen MR) is 54.9 cm³/mol. The van der Waals surface area contributed by atoms with Gasteiger partial charge in [0.2, 0.25) is 0 Å². The molecule has 1 heteroatoms. The lowest BCUT2D eigenvalue weighted by molar-refractivity contribution is 0.0435. The Kier molecular flexibility index (Phi) is 0.788. The van der Waals surface area contributed by atoms with Crippen molar-refractivity contribution in [1.29, 1.82) is 0 Å². The van der Waals surface area contributed by atoms with Gasteiger partial charge in [0.05, 0.1) is 0 Å². The Labute approximate surface area is 85.8 Å². The number of nitrogens with zero attached hydrogens (tertiary/aromatic N) is 1. The number of fused-ring (bicyclic) bond motifs is 1. The van der Waals surface area contributed by atoms with Crippen LogP contribution in [0.1, 0.15) is 46.0 Å². The highest BCUT2D eigenvalue weighted by molar-refractivity contribution is 5.51. The van der Waals surface area contributed by atoms with Crippen LogP contribution >= 0.6 is 0 Å². The standard InChI is InChI=1S/C13H19N/c1-3-12-6-8-4-5-11(2)9(8)10-13(12,7-12)14(10)11/h8-10H,3-7H2,1-2H3/t8?,9?,10?,11?,12?,13?,14-/m0/s1. The van der Waals surface area contributed by atoms with E-state index in [-0.39, 0.29) is 0 Å². The highest BCUT2D eigenvalue weighted by Gasteiger charge is 2.97. The summed E-state index contributed by atoms with van der Waals surface area (Å²) in [4.78, 5) is 2.95. The first-order chi connectivity index (χ1) is 6.70. The molecule has 0 aromatic rings. The van der Waals surface area contributed by atoms with E-state index in [1.165, 1.54) is 12.8 Å². The van der Waals surface area contributed by atoms with E-state index in [9.17, 15) is 0 Å². The second-order valence-electron chi connectivity index (χ2n) is 6.94. The van der Waals surface area contributed by atoms with Gasteiger partial charge in [0, 0.05) is 17.1 Å². The molecule has 2 heterocycles. The van der Waals surface area contributed by atoms with Gasteiger partial charge in [-0.05, 0) is 56.3 Å². The number of rotatable bonds is 1. The molecule has 0 aromatic heterocycles. The van der Waals surface area contributed by atoms with Crippen molar-refractivity contribution in [3.63, 3.8) is 0 Å². The van der Waals surface area contributed by atoms with Crippen molar-refractivity contribution in [2.45, 2.75) is 63.1 Å². The third-order valence-electron chi connectivity index (χ3n) is 7.00. The van der Waals surface area contributed by atoms with Crippen LogP contribution in [0.2, 0.25) is 0 Å². The van der Waals surface area contributed by atoms with Gasteiger partial charge in [-0.15, -0.1) is 0 Å². The zero-order valence-corrected chi connectivity index (χ0v) is 9.21. The second kappa shape index (κ2) is 1.52. The van der Waals surface area contributed by atoms with E-state index in [1.807, 2.05) is 0 Å². The maximum absolute atomic E-state index is 2.95. The first-order valence-electron chi connectivity index (χ1n) is 6.49. The number of hydrogen-bond acceptors (Lipinski definition) is 1. The van der Waals surface area contributed by atoms with Crippen molar-refractivity contribution in [2.75, 3.05) is 0 Å². The molecule has 5 rings (SSSR count). The predicted octanol–water partition coefficient (Wildman–Crippen LogP) is 2.41. The Morgan fingerprint density at radius 3 is 3.07 bits per heavy atom. The summed E-state index contributed by atoms with van der Waals surface area (Å²) in [6.45, 7) is 5.00. The van der Waals surface area contributed by atoms with Crippen LogP contribution in [0, 0.1) is 17.3 Å². The average molecular weight is 189 g/mol. The molecule has 6 unspecified atom stereocenters. The molecule has 0 aromatic carbocycles. The lowest BCUT2D eigenvalue weighted by Gasteiger charge is -2.45. The largest absolute Gasteiger partial charge is 0.285 e. The van der Waals surface area contributed by atoms with Crippen LogP contribution in [0.25, 0.3) is 0 Å². The lowest BCUT2D eigenvalue weighted by atomic mass is 9.69. The molecule has 1 spiro atoms. The summed E-state index contributed by atoms with van der Waals surface area (Å²) in [5, 5.41) is 0. The van der Waals surface area contributed by atoms with E-state index in [4.69, 9.17) is 0 Å². The van der Waals surface area contributed by atoms with Crippen LogP contribution in [0.5, 0.6) is 0 Å². The van der Waals surface area contributed by atoms with Crippen LogP contribution in [-0.4, -0.2) is 22.0 Å². The fraction of sp³-hybridized carbons (Fsp3) is 1.00. The van der Waals surface area contributed by atoms with Gasteiger partial charge in [0.25, 0.3) is 0 Å². The third kappa shape index (κ3) is 0.387. The van der Waals surface area contributed by atoms with E-state index in [1.54, 1.807) is 19.3 Å². The van der Waals surface area contributed by atoms with E-state index < -0.39 is 0 Å². The lowest BCUT2D eigenvalue weighted by Crippen LogP contribution is -2.53. The first-order valence-corrected chi connectivity index (χ1v) is 6.49. The van der Waals surface area contributed by atoms with Crippen molar-refractivity contribution < 1.29 is 0 Å². The minimum Gasteiger partial charge on any atom is -0.285 e. The molecule has 3 aliphatic carbocycles. The molecule has 1 nitrogen and oxygen atoms in total. The Morgan fingerprint density at radius 2 is 2.29 bits per heavy atom. The summed E-state index contributed by atoms with van der Waals surface area (Å²) in [7, 11) is 0. The molecule has 3 saturated carbocycles. The molecular weight excluding hydrogens is 170 g/mol. The highest BCUT2D eigenvalue weighted by Crippen LogP contribution is 2.91. The van der Waals surface area contributed by atoms with Gasteiger partial charge in [-0.1, -0.05) is 6.92 Å². The molecule has 2 aliphatic heterocycles. The SMILES string of the molecule is CCC12CC3CCC4(C)C3C3[N@]4C31C2. The van der Waals surface area contributed by atoms with E-state index >= 15 is 0 Å². The van der Waals surface area contributed by atoms with Gasteiger partial charge in [-0.2, -0.15) is 0 Å². The smallest absolute Gasteiger partial charge is 0.0440 e. The summed E-state index contributed by atoms with van der Waals surface area (Å²) in [5.74, 6) is 2.25. The first kappa shape index (κ1) is 7.27. The summed E-state index contributed by atoms with van der Waals surface area (Å²) >= 11 is 0. The van der Waals surface area contributed by atoms with Crippen molar-refractivity contribution in [2.24, 2.45) is 17.3 Å². The quantitative estimate of drug-likeness (QED) is 0.572. The van der Waals surface area contributed by atoms with Crippen molar-refractivity contribution in [3.8, 4) is 0 Å². The van der Waals surface area contributed by atoms with Crippen LogP contribution in [0.15, 0.2) is 0 Å². The van der Waals surface area contributed by atoms with E-state index in [0.29, 0.717) is 5.54 Å². The minimum absolute atomic E-state index is 0.683. The van der Waals surface area contributed by atoms with Gasteiger partial charge in [0.15, 0.2) is 0 Å². The van der Waals surface area contributed by atoms with Crippen LogP contribution in [0.4, 0.5) is 0 Å². The molecule has 0 N–H and O–H groups in total. The van der Waals surface area contributed by atoms with Crippen LogP contribution in [0.3, 0.4) is 0 Å². The molecule has 7 atom stereocenters. The summed E-state index contributed by atoms with van der Waals surface area (Å²) in [5.41, 5.74) is 2.29. The molecule has 5 fully saturated rings. The molecule has 76 valence electrons. The Morgan fingerprint density at radius 1 is 1.43 bits per heavy atom. The summed E-state index contributed by atoms with van der Waals surface area (Å²) in [6, 6.07) is 1.08. The molecular formula is C13H19N. The fourth-order valence-corrected chi connectivity index (χ4v) is 6.50. The molecule has 14 heavy (non-hydrogen) atoms. The van der Waals surface area contributed by atoms with Crippen molar-refractivity contribution in [3.05, 3.63) is 0 Å².